The predicted molar refractivity (Wildman–Crippen MR) is 144 cm³/mol. The van der Waals surface area contributed by atoms with Crippen LogP contribution in [0.3, 0.4) is 0 Å². The lowest BCUT2D eigenvalue weighted by molar-refractivity contribution is 0.0925. The molecule has 0 spiro atoms. The molecule has 0 saturated heterocycles. The van der Waals surface area contributed by atoms with E-state index in [9.17, 15) is 13.2 Å². The molecule has 37 heavy (non-hydrogen) atoms. The van der Waals surface area contributed by atoms with Crippen molar-refractivity contribution >= 4 is 37.8 Å². The van der Waals surface area contributed by atoms with Crippen LogP contribution in [0, 0.1) is 13.8 Å². The zero-order valence-electron chi connectivity index (χ0n) is 20.0. The summed E-state index contributed by atoms with van der Waals surface area (Å²) in [6.07, 6.45) is -0.605. The molecule has 1 unspecified atom stereocenters. The Morgan fingerprint density at radius 1 is 0.946 bits per heavy atom. The minimum atomic E-state index is -4.09. The molecule has 10 heteroatoms. The maximum absolute atomic E-state index is 13.2. The molecule has 2 heterocycles. The van der Waals surface area contributed by atoms with E-state index in [0.29, 0.717) is 5.69 Å². The third kappa shape index (κ3) is 5.35. The summed E-state index contributed by atoms with van der Waals surface area (Å²) in [5.74, 6) is -0.386. The van der Waals surface area contributed by atoms with Gasteiger partial charge in [-0.3, -0.25) is 4.79 Å². The first-order valence-electron chi connectivity index (χ1n) is 11.5. The maximum atomic E-state index is 13.2. The molecule has 188 valence electrons. The van der Waals surface area contributed by atoms with Crippen LogP contribution in [0.5, 0.6) is 5.88 Å². The summed E-state index contributed by atoms with van der Waals surface area (Å²) >= 11 is 3.44. The van der Waals surface area contributed by atoms with Crippen molar-refractivity contribution in [3.8, 4) is 17.1 Å². The summed E-state index contributed by atoms with van der Waals surface area (Å²) in [6.45, 7) is 4.05. The largest absolute Gasteiger partial charge is 0.467 e. The van der Waals surface area contributed by atoms with Crippen LogP contribution >= 0.6 is 15.9 Å². The third-order valence-electron chi connectivity index (χ3n) is 6.02. The Morgan fingerprint density at radius 2 is 1.65 bits per heavy atom. The lowest BCUT2D eigenvalue weighted by Gasteiger charge is -2.21. The molecule has 3 aromatic carbocycles. The Kier molecular flexibility index (Phi) is 6.70. The van der Waals surface area contributed by atoms with E-state index in [2.05, 4.69) is 35.9 Å². The minimum Gasteiger partial charge on any atom is -0.467 e. The molecule has 4 bridgehead atoms. The molecule has 8 nitrogen and oxygen atoms in total. The summed E-state index contributed by atoms with van der Waals surface area (Å²) in [7, 11) is -4.09. The zero-order chi connectivity index (χ0) is 26.2. The standard InChI is InChI=1S/C27H23BrN4O4S/c1-16-5-3-6-17(2)25(16)22-14-24-31-27(30-22)32-37(34,35)21-8-4-7-19(13-21)26(33)29-15-23(36-24)18-9-11-20(28)12-10-18/h3-14,23H,15H2,1-2H3,(H,29,33)(H,30,31,32). The molecule has 2 N–H and O–H groups in total. The summed E-state index contributed by atoms with van der Waals surface area (Å²) in [4.78, 5) is 21.8. The topological polar surface area (TPSA) is 110 Å². The van der Waals surface area contributed by atoms with Crippen molar-refractivity contribution in [2.45, 2.75) is 24.8 Å². The number of rotatable bonds is 2. The summed E-state index contributed by atoms with van der Waals surface area (Å²) in [6, 6.07) is 20.9. The molecule has 0 radical (unpaired) electrons. The van der Waals surface area contributed by atoms with Gasteiger partial charge in [-0.25, -0.2) is 18.1 Å². The van der Waals surface area contributed by atoms with E-state index in [1.54, 1.807) is 12.1 Å². The molecule has 1 atom stereocenters. The smallest absolute Gasteiger partial charge is 0.264 e. The van der Waals surface area contributed by atoms with Crippen molar-refractivity contribution in [1.29, 1.82) is 0 Å². The molecule has 1 aliphatic heterocycles. The van der Waals surface area contributed by atoms with Crippen LogP contribution in [-0.4, -0.2) is 30.8 Å². The number of hydrogen-bond acceptors (Lipinski definition) is 6. The molecule has 1 aliphatic rings. The van der Waals surface area contributed by atoms with Gasteiger partial charge in [0.1, 0.15) is 6.10 Å². The van der Waals surface area contributed by atoms with Crippen LogP contribution in [0.2, 0.25) is 0 Å². The zero-order valence-corrected chi connectivity index (χ0v) is 22.4. The first kappa shape index (κ1) is 24.9. The van der Waals surface area contributed by atoms with Crippen LogP contribution in [0.4, 0.5) is 5.95 Å². The Balaban J connectivity index is 1.69. The van der Waals surface area contributed by atoms with Crippen molar-refractivity contribution in [2.75, 3.05) is 11.3 Å². The molecule has 1 amide bonds. The molecule has 4 aromatic rings. The van der Waals surface area contributed by atoms with Gasteiger partial charge in [-0.1, -0.05) is 52.3 Å². The van der Waals surface area contributed by atoms with Crippen molar-refractivity contribution in [3.05, 3.63) is 99.5 Å². The van der Waals surface area contributed by atoms with Crippen LogP contribution in [0.15, 0.2) is 82.2 Å². The van der Waals surface area contributed by atoms with Crippen LogP contribution < -0.4 is 14.8 Å². The third-order valence-corrected chi connectivity index (χ3v) is 7.88. The van der Waals surface area contributed by atoms with Crippen molar-refractivity contribution < 1.29 is 17.9 Å². The van der Waals surface area contributed by atoms with E-state index >= 15 is 0 Å². The highest BCUT2D eigenvalue weighted by Gasteiger charge is 2.23. The summed E-state index contributed by atoms with van der Waals surface area (Å²) in [5, 5.41) is 2.86. The number of nitrogens with zero attached hydrogens (tertiary/aromatic N) is 2. The van der Waals surface area contributed by atoms with E-state index in [1.165, 1.54) is 18.2 Å². The second-order valence-corrected chi connectivity index (χ2v) is 11.3. The van der Waals surface area contributed by atoms with E-state index in [-0.39, 0.29) is 28.8 Å². The SMILES string of the molecule is Cc1cccc(C)c1-c1cc2nc(n1)NS(=O)(=O)c1cccc(c1)C(=O)NCC(c1ccc(Br)cc1)O2. The maximum Gasteiger partial charge on any atom is 0.264 e. The molecule has 0 fully saturated rings. The van der Waals surface area contributed by atoms with E-state index in [4.69, 9.17) is 4.74 Å². The van der Waals surface area contributed by atoms with Gasteiger partial charge in [-0.05, 0) is 60.9 Å². The fourth-order valence-electron chi connectivity index (χ4n) is 4.20. The van der Waals surface area contributed by atoms with Crippen molar-refractivity contribution in [1.82, 2.24) is 15.3 Å². The minimum absolute atomic E-state index is 0.0765. The number of anilines is 1. The molecular weight excluding hydrogens is 556 g/mol. The van der Waals surface area contributed by atoms with E-state index in [1.807, 2.05) is 56.3 Å². The number of halogens is 1. The van der Waals surface area contributed by atoms with Gasteiger partial charge in [0.2, 0.25) is 11.8 Å². The number of amides is 1. The number of sulfonamides is 1. The van der Waals surface area contributed by atoms with Gasteiger partial charge < -0.3 is 10.1 Å². The number of hydrogen-bond donors (Lipinski definition) is 2. The predicted octanol–water partition coefficient (Wildman–Crippen LogP) is 5.19. The van der Waals surface area contributed by atoms with Crippen LogP contribution in [0.25, 0.3) is 11.3 Å². The van der Waals surface area contributed by atoms with Gasteiger partial charge in [-0.2, -0.15) is 4.98 Å². The Hall–Kier alpha value is -3.76. The van der Waals surface area contributed by atoms with E-state index in [0.717, 1.165) is 26.7 Å². The van der Waals surface area contributed by atoms with Crippen LogP contribution in [-0.2, 0) is 10.0 Å². The fraction of sp³-hybridized carbons (Fsp3) is 0.148. The number of aromatic nitrogens is 2. The first-order chi connectivity index (χ1) is 17.7. The van der Waals surface area contributed by atoms with Gasteiger partial charge in [0.25, 0.3) is 15.9 Å². The van der Waals surface area contributed by atoms with Crippen LogP contribution in [0.1, 0.15) is 33.2 Å². The molecular formula is C27H23BrN4O4S. The average molecular weight is 579 g/mol. The summed E-state index contributed by atoms with van der Waals surface area (Å²) < 4.78 is 36.1. The number of nitrogens with one attached hydrogen (secondary N) is 2. The lowest BCUT2D eigenvalue weighted by atomic mass is 10.00. The number of fused-ring (bicyclic) bond motifs is 4. The molecule has 5 rings (SSSR count). The van der Waals surface area contributed by atoms with Gasteiger partial charge in [0.05, 0.1) is 17.1 Å². The Bertz CT molecular complexity index is 1590. The number of carbonyl (C=O) groups is 1. The fourth-order valence-corrected chi connectivity index (χ4v) is 5.45. The Labute approximate surface area is 223 Å². The number of carbonyl (C=O) groups excluding carboxylic acids is 1. The van der Waals surface area contributed by atoms with Gasteiger partial charge in [0.15, 0.2) is 0 Å². The highest BCUT2D eigenvalue weighted by Crippen LogP contribution is 2.31. The monoisotopic (exact) mass is 578 g/mol. The number of ether oxygens (including phenoxy) is 1. The van der Waals surface area contributed by atoms with Crippen molar-refractivity contribution in [2.24, 2.45) is 0 Å². The lowest BCUT2D eigenvalue weighted by Crippen LogP contribution is -2.30. The number of benzene rings is 3. The normalized spacial score (nSPS) is 16.7. The molecule has 0 aliphatic carbocycles. The van der Waals surface area contributed by atoms with Gasteiger partial charge in [0, 0.05) is 21.7 Å². The first-order valence-corrected chi connectivity index (χ1v) is 13.8. The molecule has 1 aromatic heterocycles. The van der Waals surface area contributed by atoms with Crippen molar-refractivity contribution in [3.63, 3.8) is 0 Å². The van der Waals surface area contributed by atoms with Gasteiger partial charge in [-0.15, -0.1) is 0 Å². The second-order valence-electron chi connectivity index (χ2n) is 8.68. The van der Waals surface area contributed by atoms with Gasteiger partial charge >= 0.3 is 0 Å². The Morgan fingerprint density at radius 3 is 2.38 bits per heavy atom. The van der Waals surface area contributed by atoms with E-state index < -0.39 is 22.0 Å². The highest BCUT2D eigenvalue weighted by atomic mass is 79.9. The number of aryl methyl sites for hydroxylation is 2. The summed E-state index contributed by atoms with van der Waals surface area (Å²) in [5.41, 5.74) is 4.33. The highest BCUT2D eigenvalue weighted by molar-refractivity contribution is 9.10. The molecule has 0 saturated carbocycles. The quantitative estimate of drug-likeness (QED) is 0.339. The average Bonchev–Trinajstić information content (AvgIpc) is 2.86. The second kappa shape index (κ2) is 9.95.